The van der Waals surface area contributed by atoms with Gasteiger partial charge in [-0.1, -0.05) is 0 Å². The van der Waals surface area contributed by atoms with Crippen LogP contribution in [0.15, 0.2) is 0 Å². The molecule has 0 atom stereocenters. The van der Waals surface area contributed by atoms with Gasteiger partial charge in [0.1, 0.15) is 0 Å². The van der Waals surface area contributed by atoms with Crippen molar-refractivity contribution in [2.45, 2.75) is 156 Å². The summed E-state index contributed by atoms with van der Waals surface area (Å²) in [6.07, 6.45) is 36.3. The Labute approximate surface area is 188 Å². The third kappa shape index (κ3) is 18.9. The van der Waals surface area contributed by atoms with Gasteiger partial charge in [-0.2, -0.15) is 0 Å². The quantitative estimate of drug-likeness (QED) is 0.106. The SMILES string of the molecule is CCCCCCCC[PH](CCCC)(CCCCCCCC)CCCCCCCC. The fourth-order valence-electron chi connectivity index (χ4n) is 5.14. The van der Waals surface area contributed by atoms with E-state index in [2.05, 4.69) is 27.7 Å². The van der Waals surface area contributed by atoms with E-state index in [1.54, 1.807) is 43.9 Å². The summed E-state index contributed by atoms with van der Waals surface area (Å²) in [7, 11) is -1.02. The van der Waals surface area contributed by atoms with Crippen molar-refractivity contribution in [3.63, 3.8) is 0 Å². The van der Waals surface area contributed by atoms with Gasteiger partial charge in [-0.05, 0) is 0 Å². The van der Waals surface area contributed by atoms with Crippen LogP contribution in [0.1, 0.15) is 156 Å². The second-order valence-corrected chi connectivity index (χ2v) is 15.2. The number of unbranched alkanes of at least 4 members (excludes halogenated alkanes) is 16. The first-order chi connectivity index (χ1) is 14.2. The minimum absolute atomic E-state index is 1.02. The first-order valence-electron chi connectivity index (χ1n) is 14.2. The van der Waals surface area contributed by atoms with Crippen molar-refractivity contribution in [3.05, 3.63) is 0 Å². The Kier molecular flexibility index (Phi) is 23.4. The normalized spacial score (nSPS) is 12.6. The average Bonchev–Trinajstić information content (AvgIpc) is 2.74. The summed E-state index contributed by atoms with van der Waals surface area (Å²) in [6, 6.07) is 0. The van der Waals surface area contributed by atoms with Crippen LogP contribution < -0.4 is 0 Å². The molecule has 0 aliphatic rings. The van der Waals surface area contributed by atoms with Crippen LogP contribution in [0, 0.1) is 0 Å². The van der Waals surface area contributed by atoms with Crippen LogP contribution in [-0.2, 0) is 0 Å². The number of hydrogen-bond donors (Lipinski definition) is 0. The summed E-state index contributed by atoms with van der Waals surface area (Å²) in [5.74, 6) is 0. The average molecular weight is 429 g/mol. The Morgan fingerprint density at radius 1 is 0.276 bits per heavy atom. The van der Waals surface area contributed by atoms with E-state index >= 15 is 0 Å². The maximum absolute atomic E-state index is 2.42. The van der Waals surface area contributed by atoms with Crippen LogP contribution in [0.2, 0.25) is 0 Å². The van der Waals surface area contributed by atoms with Gasteiger partial charge in [0.15, 0.2) is 0 Å². The van der Waals surface area contributed by atoms with Crippen molar-refractivity contribution < 1.29 is 0 Å². The molecule has 0 aromatic carbocycles. The van der Waals surface area contributed by atoms with E-state index in [0.29, 0.717) is 0 Å². The molecule has 0 fully saturated rings. The third-order valence-corrected chi connectivity index (χ3v) is 12.9. The summed E-state index contributed by atoms with van der Waals surface area (Å²) >= 11 is 0. The first kappa shape index (κ1) is 29.4. The van der Waals surface area contributed by atoms with Gasteiger partial charge in [0, 0.05) is 0 Å². The van der Waals surface area contributed by atoms with Crippen LogP contribution in [0.4, 0.5) is 0 Å². The molecule has 1 heteroatoms. The number of hydrogen-bond acceptors (Lipinski definition) is 0. The molecule has 0 rings (SSSR count). The minimum atomic E-state index is -1.02. The van der Waals surface area contributed by atoms with E-state index in [9.17, 15) is 0 Å². The van der Waals surface area contributed by atoms with Crippen molar-refractivity contribution in [2.24, 2.45) is 0 Å². The van der Waals surface area contributed by atoms with Gasteiger partial charge in [0.05, 0.1) is 0 Å². The van der Waals surface area contributed by atoms with Gasteiger partial charge in [0.2, 0.25) is 0 Å². The molecule has 0 aromatic heterocycles. The molecular weight excluding hydrogens is 367 g/mol. The zero-order valence-corrected chi connectivity index (χ0v) is 22.5. The Morgan fingerprint density at radius 3 is 0.828 bits per heavy atom. The fourth-order valence-corrected chi connectivity index (χ4v) is 10.7. The molecule has 0 amide bonds. The molecular formula is C28H61P. The van der Waals surface area contributed by atoms with Crippen LogP contribution in [0.3, 0.4) is 0 Å². The molecule has 0 heterocycles. The zero-order chi connectivity index (χ0) is 21.5. The molecule has 0 N–H and O–H groups in total. The molecule has 0 aliphatic carbocycles. The van der Waals surface area contributed by atoms with Gasteiger partial charge < -0.3 is 0 Å². The first-order valence-corrected chi connectivity index (χ1v) is 17.1. The molecule has 178 valence electrons. The van der Waals surface area contributed by atoms with E-state index in [1.165, 1.54) is 109 Å². The molecule has 29 heavy (non-hydrogen) atoms. The second kappa shape index (κ2) is 23.1. The van der Waals surface area contributed by atoms with Crippen LogP contribution in [-0.4, -0.2) is 24.6 Å². The topological polar surface area (TPSA) is 0 Å². The van der Waals surface area contributed by atoms with E-state index in [-0.39, 0.29) is 0 Å². The van der Waals surface area contributed by atoms with Crippen LogP contribution in [0.5, 0.6) is 0 Å². The predicted octanol–water partition coefficient (Wildman–Crippen LogP) is 10.6. The molecule has 0 saturated heterocycles. The molecule has 0 bridgehead atoms. The Bertz CT molecular complexity index is 258. The Hall–Kier alpha value is 0.430. The number of rotatable bonds is 24. The van der Waals surface area contributed by atoms with E-state index in [1.807, 2.05) is 0 Å². The third-order valence-electron chi connectivity index (χ3n) is 7.24. The molecule has 0 unspecified atom stereocenters. The molecule has 0 nitrogen and oxygen atoms in total. The summed E-state index contributed by atoms with van der Waals surface area (Å²) in [6.45, 7) is 9.43. The van der Waals surface area contributed by atoms with Crippen molar-refractivity contribution >= 4 is 7.26 Å². The van der Waals surface area contributed by atoms with Crippen molar-refractivity contribution in [1.82, 2.24) is 0 Å². The van der Waals surface area contributed by atoms with Gasteiger partial charge >= 0.3 is 188 Å². The Balaban J connectivity index is 4.52. The van der Waals surface area contributed by atoms with Gasteiger partial charge in [-0.15, -0.1) is 0 Å². The van der Waals surface area contributed by atoms with Crippen LogP contribution in [0.25, 0.3) is 0 Å². The standard InChI is InChI=1S/C28H61P/c1-5-9-13-16-19-22-26-29(25-12-8-4,27-23-20-17-14-10-6-2)28-24-21-18-15-11-7-3/h29H,5-28H2,1-4H3. The van der Waals surface area contributed by atoms with Crippen molar-refractivity contribution in [3.8, 4) is 0 Å². The summed E-state index contributed by atoms with van der Waals surface area (Å²) in [5.41, 5.74) is 0. The Morgan fingerprint density at radius 2 is 0.517 bits per heavy atom. The molecule has 0 spiro atoms. The van der Waals surface area contributed by atoms with Gasteiger partial charge in [-0.25, -0.2) is 0 Å². The molecule has 0 aromatic rings. The maximum atomic E-state index is 2.42. The van der Waals surface area contributed by atoms with Gasteiger partial charge in [0.25, 0.3) is 0 Å². The van der Waals surface area contributed by atoms with Crippen molar-refractivity contribution in [1.29, 1.82) is 0 Å². The van der Waals surface area contributed by atoms with E-state index in [0.717, 1.165) is 0 Å². The summed E-state index contributed by atoms with van der Waals surface area (Å²) < 4.78 is 0. The summed E-state index contributed by atoms with van der Waals surface area (Å²) in [4.78, 5) is 0. The van der Waals surface area contributed by atoms with E-state index < -0.39 is 7.26 Å². The van der Waals surface area contributed by atoms with E-state index in [4.69, 9.17) is 0 Å². The molecule has 0 saturated carbocycles. The zero-order valence-electron chi connectivity index (χ0n) is 21.5. The van der Waals surface area contributed by atoms with Crippen LogP contribution >= 0.6 is 7.26 Å². The predicted molar refractivity (Wildman–Crippen MR) is 143 cm³/mol. The monoisotopic (exact) mass is 428 g/mol. The fraction of sp³-hybridized carbons (Fsp3) is 1.00. The van der Waals surface area contributed by atoms with Crippen molar-refractivity contribution in [2.75, 3.05) is 24.6 Å². The molecule has 0 aliphatic heterocycles. The second-order valence-electron chi connectivity index (χ2n) is 10.2. The summed E-state index contributed by atoms with van der Waals surface area (Å²) in [5, 5.41) is 0. The van der Waals surface area contributed by atoms with Gasteiger partial charge in [-0.3, -0.25) is 0 Å². The molecule has 0 radical (unpaired) electrons.